The van der Waals surface area contributed by atoms with Gasteiger partial charge in [0.1, 0.15) is 54.6 Å². The summed E-state index contributed by atoms with van der Waals surface area (Å²) in [6.07, 6.45) is -10.8. The van der Waals surface area contributed by atoms with Gasteiger partial charge in [-0.15, -0.1) is 0 Å². The lowest BCUT2D eigenvalue weighted by Crippen LogP contribution is -2.46. The minimum absolute atomic E-state index is 0.0211. The van der Waals surface area contributed by atoms with Crippen LogP contribution in [0.25, 0.3) is 33.5 Å². The number of H-pyrrole nitrogens is 2. The van der Waals surface area contributed by atoms with E-state index < -0.39 is 130 Å². The van der Waals surface area contributed by atoms with E-state index >= 15 is 0 Å². The van der Waals surface area contributed by atoms with Gasteiger partial charge in [0.15, 0.2) is 41.4 Å². The number of hydrogen-bond donors (Lipinski definition) is 12. The molecule has 8 heterocycles. The molecule has 0 aromatic carbocycles. The first kappa shape index (κ1) is 57.0. The van der Waals surface area contributed by atoms with Crippen molar-refractivity contribution in [3.8, 4) is 0 Å². The molecule has 2 saturated heterocycles. The summed E-state index contributed by atoms with van der Waals surface area (Å²) in [7, 11) is -19.4. The Morgan fingerprint density at radius 1 is 0.737 bits per heavy atom. The van der Waals surface area contributed by atoms with E-state index in [-0.39, 0.29) is 57.8 Å². The van der Waals surface area contributed by atoms with Crippen molar-refractivity contribution in [2.45, 2.75) is 61.4 Å². The first-order chi connectivity index (χ1) is 35.7. The molecule has 76 heavy (non-hydrogen) atoms. The van der Waals surface area contributed by atoms with Gasteiger partial charge >= 0.3 is 36.9 Å². The highest BCUT2D eigenvalue weighted by molar-refractivity contribution is 7.66. The molecule has 2 aliphatic heterocycles. The van der Waals surface area contributed by atoms with Crippen molar-refractivity contribution < 1.29 is 108 Å². The largest absolute Gasteiger partial charge is 0.490 e. The smallest absolute Gasteiger partial charge is 0.387 e. The number of nitrogens with zero attached hydrogens (tertiary/aromatic N) is 10. The minimum atomic E-state index is -6.18. The first-order valence-corrected chi connectivity index (χ1v) is 27.4. The summed E-state index contributed by atoms with van der Waals surface area (Å²) in [5.41, 5.74) is 15.7. The van der Waals surface area contributed by atoms with E-state index in [1.807, 2.05) is 0 Å². The number of hydrogen-bond acceptors (Lipinski definition) is 29. The van der Waals surface area contributed by atoms with Crippen molar-refractivity contribution in [3.05, 3.63) is 46.0 Å². The molecule has 8 rings (SSSR count). The lowest BCUT2D eigenvalue weighted by Gasteiger charge is -2.27. The third-order valence-electron chi connectivity index (χ3n) is 11.1. The zero-order valence-corrected chi connectivity index (χ0v) is 42.8. The standard InChI is InChI=1S/C33H47N15O24P4/c1-45-12-48(27-19(45)29(53)44-33(36)42-27)31-22(51)23(63-3)15(70-31)7-67-75(58,59)72-76(60,61)71-74(56,57)65-5-13(68-16(8-62-2)46-10-39-17-24(34)37-9-38-25(17)46)4-64-73(54,55)66-6-14-20(49)21(50)30(69-14)47-11-40-18-26(47)41-32(35)43-28(18)52/h9-16,20-23,30-31,49-51H,4-8H2,1-3H3,(H11-,34,35,36,37,38,41,42,43,44,52,53,54,55,56,57,58,59,60,61)/p+1/t13-,14+,15+,16+,20-,21?,22-,23?,30+,31+/m0/s1. The molecule has 0 radical (unpaired) electrons. The molecule has 2 fully saturated rings. The average Bonchev–Trinajstić information content (AvgIpc) is 4.15. The lowest BCUT2D eigenvalue weighted by molar-refractivity contribution is -0.745. The van der Waals surface area contributed by atoms with Crippen LogP contribution < -0.4 is 32.9 Å². The maximum absolute atomic E-state index is 13.3. The number of ether oxygens (including phenoxy) is 5. The van der Waals surface area contributed by atoms with Crippen LogP contribution in [0.3, 0.4) is 0 Å². The van der Waals surface area contributed by atoms with Crippen LogP contribution >= 0.6 is 31.3 Å². The monoisotopic (exact) mass is 1160 g/mol. The Bertz CT molecular complexity index is 3410. The number of aryl methyl sites for hydroxylation is 1. The predicted molar refractivity (Wildman–Crippen MR) is 246 cm³/mol. The highest BCUT2D eigenvalue weighted by Crippen LogP contribution is 2.68. The summed E-state index contributed by atoms with van der Waals surface area (Å²) in [6, 6.07) is 0. The average molecular weight is 1160 g/mol. The van der Waals surface area contributed by atoms with E-state index in [1.54, 1.807) is 0 Å². The minimum Gasteiger partial charge on any atom is -0.387 e. The van der Waals surface area contributed by atoms with Crippen molar-refractivity contribution in [2.24, 2.45) is 7.05 Å². The van der Waals surface area contributed by atoms with E-state index in [1.165, 1.54) is 40.5 Å². The molecule has 0 saturated carbocycles. The molecule has 39 nitrogen and oxygen atoms in total. The number of nitrogen functional groups attached to an aromatic ring is 3. The van der Waals surface area contributed by atoms with E-state index in [2.05, 4.69) is 48.5 Å². The zero-order valence-electron chi connectivity index (χ0n) is 39.2. The number of anilines is 3. The Kier molecular flexibility index (Phi) is 16.7. The first-order valence-electron chi connectivity index (χ1n) is 21.5. The van der Waals surface area contributed by atoms with Gasteiger partial charge in [-0.25, -0.2) is 42.8 Å². The molecule has 0 amide bonds. The Morgan fingerprint density at radius 2 is 1.37 bits per heavy atom. The van der Waals surface area contributed by atoms with Crippen molar-refractivity contribution in [1.82, 2.24) is 53.6 Å². The van der Waals surface area contributed by atoms with Crippen LogP contribution in [0.2, 0.25) is 0 Å². The number of aromatic amines is 2. The number of rotatable bonds is 24. The maximum Gasteiger partial charge on any atom is 0.490 e. The van der Waals surface area contributed by atoms with E-state index in [0.717, 1.165) is 24.3 Å². The molecule has 2 aliphatic rings. The molecule has 6 aromatic rings. The fourth-order valence-corrected chi connectivity index (χ4v) is 12.2. The predicted octanol–water partition coefficient (Wildman–Crippen LogP) is -3.81. The summed E-state index contributed by atoms with van der Waals surface area (Å²) < 4.78 is 114. The van der Waals surface area contributed by atoms with E-state index in [4.69, 9.17) is 59.0 Å². The van der Waals surface area contributed by atoms with Crippen LogP contribution in [0.1, 0.15) is 18.7 Å². The van der Waals surface area contributed by atoms with Gasteiger partial charge in [-0.2, -0.15) is 13.6 Å². The van der Waals surface area contributed by atoms with Crippen LogP contribution in [0.15, 0.2) is 34.9 Å². The number of aliphatic hydroxyl groups is 3. The molecule has 43 heteroatoms. The van der Waals surface area contributed by atoms with Crippen molar-refractivity contribution in [3.63, 3.8) is 0 Å². The van der Waals surface area contributed by atoms with Gasteiger partial charge in [-0.05, 0) is 0 Å². The molecule has 15 N–H and O–H groups in total. The molecule has 418 valence electrons. The number of phosphoric acid groups is 4. The third kappa shape index (κ3) is 12.4. The number of aromatic nitrogens is 12. The number of fused-ring (bicyclic) bond motifs is 3. The van der Waals surface area contributed by atoms with Crippen molar-refractivity contribution in [2.75, 3.05) is 64.5 Å². The summed E-state index contributed by atoms with van der Waals surface area (Å²) in [5.74, 6) is -0.645. The molecule has 6 aromatic heterocycles. The summed E-state index contributed by atoms with van der Waals surface area (Å²) in [6.45, 7) is -4.72. The van der Waals surface area contributed by atoms with Crippen LogP contribution in [0.5, 0.6) is 0 Å². The topological polar surface area (TPSA) is 551 Å². The van der Waals surface area contributed by atoms with Crippen LogP contribution in [-0.2, 0) is 75.7 Å². The molecule has 6 unspecified atom stereocenters. The lowest BCUT2D eigenvalue weighted by atomic mass is 10.1. The number of aliphatic hydroxyl groups excluding tert-OH is 3. The third-order valence-corrected chi connectivity index (χ3v) is 16.3. The van der Waals surface area contributed by atoms with Crippen molar-refractivity contribution >= 4 is 82.5 Å². The fraction of sp³-hybridized carbons (Fsp3) is 0.545. The van der Waals surface area contributed by atoms with Crippen molar-refractivity contribution in [1.29, 1.82) is 0 Å². The molecule has 0 aliphatic carbocycles. The second-order valence-electron chi connectivity index (χ2n) is 16.3. The second kappa shape index (κ2) is 22.3. The fourth-order valence-electron chi connectivity index (χ4n) is 7.86. The Labute approximate surface area is 422 Å². The highest BCUT2D eigenvalue weighted by atomic mass is 31.3. The SMILES string of the molecule is COC[C@@H](O[C@@H](COP(=O)(O)OC[C@H]1O[C@@H](n2cnc3c(=O)[nH]c(N)nc32)C(O)[C@H]1O)COP(=O)(O)OP(=O)(O)OP(=O)(O)OC[C@H]1O[C@@H]([n+]2cn(C)c3c(=O)[nH]c(N)nc32)[C@@H](O)C1OC)n1cnc2c(N)ncnc21. The van der Waals surface area contributed by atoms with E-state index in [0.29, 0.717) is 0 Å². The Hall–Kier alpha value is -5.15. The normalized spacial score (nSPS) is 26.1. The number of methoxy groups -OCH3 is 2. The Morgan fingerprint density at radius 3 is 2.07 bits per heavy atom. The maximum atomic E-state index is 13.3. The Balaban J connectivity index is 0.918. The van der Waals surface area contributed by atoms with Gasteiger partial charge in [0.05, 0.1) is 52.7 Å². The molecule has 14 atom stereocenters. The van der Waals surface area contributed by atoms with E-state index in [9.17, 15) is 62.7 Å². The number of nitrogens with one attached hydrogen (secondary N) is 2. The zero-order chi connectivity index (χ0) is 55.2. The van der Waals surface area contributed by atoms with Gasteiger partial charge in [-0.3, -0.25) is 51.4 Å². The molecule has 0 bridgehead atoms. The van der Waals surface area contributed by atoms with Gasteiger partial charge in [-0.1, -0.05) is 4.98 Å². The summed E-state index contributed by atoms with van der Waals surface area (Å²) in [4.78, 5) is 95.6. The quantitative estimate of drug-likeness (QED) is 0.0204. The number of imidazole rings is 3. The number of nitrogens with two attached hydrogens (primary N) is 3. The molecule has 0 spiro atoms. The van der Waals surface area contributed by atoms with Gasteiger partial charge in [0.2, 0.25) is 17.7 Å². The second-order valence-corrected chi connectivity index (χ2v) is 22.4. The number of phosphoric ester groups is 3. The molecular formula is C33H48N15O24P4+. The van der Waals surface area contributed by atoms with Gasteiger partial charge in [0, 0.05) is 14.2 Å². The summed E-state index contributed by atoms with van der Waals surface area (Å²) >= 11 is 0. The summed E-state index contributed by atoms with van der Waals surface area (Å²) in [5, 5.41) is 32.7. The molecular weight excluding hydrogens is 1110 g/mol. The van der Waals surface area contributed by atoms with Crippen LogP contribution in [-0.4, -0.2) is 178 Å². The van der Waals surface area contributed by atoms with Crippen LogP contribution in [0, 0.1) is 0 Å². The highest BCUT2D eigenvalue weighted by Gasteiger charge is 2.51. The van der Waals surface area contributed by atoms with Gasteiger partial charge in [0.25, 0.3) is 17.1 Å². The van der Waals surface area contributed by atoms with Gasteiger partial charge < -0.3 is 75.8 Å². The van der Waals surface area contributed by atoms with Crippen LogP contribution in [0.4, 0.5) is 17.7 Å².